The first-order valence-electron chi connectivity index (χ1n) is 6.92. The van der Waals surface area contributed by atoms with E-state index in [1.54, 1.807) is 17.9 Å². The Balaban J connectivity index is 2.02. The van der Waals surface area contributed by atoms with Crippen LogP contribution >= 0.6 is 0 Å². The van der Waals surface area contributed by atoms with Gasteiger partial charge in [0.15, 0.2) is 6.10 Å². The van der Waals surface area contributed by atoms with E-state index in [4.69, 9.17) is 4.74 Å². The molecule has 1 aliphatic rings. The molecule has 0 aliphatic carbocycles. The predicted octanol–water partition coefficient (Wildman–Crippen LogP) is 2.27. The number of ether oxygens (including phenoxy) is 1. The van der Waals surface area contributed by atoms with Crippen molar-refractivity contribution in [2.24, 2.45) is 0 Å². The number of nitrogens with zero attached hydrogens (tertiary/aromatic N) is 1. The van der Waals surface area contributed by atoms with Gasteiger partial charge in [0, 0.05) is 24.7 Å². The van der Waals surface area contributed by atoms with Crippen molar-refractivity contribution in [2.75, 3.05) is 13.1 Å². The maximum atomic E-state index is 13.7. The first kappa shape index (κ1) is 14.8. The second-order valence-electron chi connectivity index (χ2n) is 5.15. The van der Waals surface area contributed by atoms with Crippen molar-refractivity contribution in [2.45, 2.75) is 38.9 Å². The smallest absolute Gasteiger partial charge is 0.263 e. The van der Waals surface area contributed by atoms with Gasteiger partial charge in [0.05, 0.1) is 6.10 Å². The fourth-order valence-corrected chi connectivity index (χ4v) is 2.37. The van der Waals surface area contributed by atoms with E-state index in [1.807, 2.05) is 0 Å². The van der Waals surface area contributed by atoms with Gasteiger partial charge in [-0.3, -0.25) is 4.79 Å². The maximum Gasteiger partial charge on any atom is 0.263 e. The number of carbonyl (C=O) groups excluding carboxylic acids is 1. The highest BCUT2D eigenvalue weighted by molar-refractivity contribution is 5.81. The van der Waals surface area contributed by atoms with Gasteiger partial charge >= 0.3 is 0 Å². The van der Waals surface area contributed by atoms with E-state index in [9.17, 15) is 14.3 Å². The Hall–Kier alpha value is -1.62. The monoisotopic (exact) mass is 281 g/mol. The van der Waals surface area contributed by atoms with Crippen molar-refractivity contribution in [1.82, 2.24) is 4.90 Å². The molecule has 1 unspecified atom stereocenters. The first-order valence-corrected chi connectivity index (χ1v) is 6.92. The number of aliphatic hydroxyl groups excluding tert-OH is 1. The van der Waals surface area contributed by atoms with Crippen molar-refractivity contribution in [3.63, 3.8) is 0 Å². The molecule has 5 heteroatoms. The normalized spacial score (nSPS) is 17.9. The molecule has 1 fully saturated rings. The molecule has 1 N–H and O–H groups in total. The average Bonchev–Trinajstić information content (AvgIpc) is 2.91. The Morgan fingerprint density at radius 1 is 1.35 bits per heavy atom. The van der Waals surface area contributed by atoms with Crippen LogP contribution in [0.25, 0.3) is 0 Å². The van der Waals surface area contributed by atoms with E-state index >= 15 is 0 Å². The van der Waals surface area contributed by atoms with Crippen LogP contribution in [0.4, 0.5) is 4.39 Å². The third-order valence-electron chi connectivity index (χ3n) is 3.50. The summed E-state index contributed by atoms with van der Waals surface area (Å²) in [5.41, 5.74) is 0.218. The fourth-order valence-electron chi connectivity index (χ4n) is 2.37. The quantitative estimate of drug-likeness (QED) is 0.921. The van der Waals surface area contributed by atoms with Crippen LogP contribution in [0.1, 0.15) is 38.4 Å². The lowest BCUT2D eigenvalue weighted by atomic mass is 10.1. The number of aliphatic hydroxyl groups is 1. The minimum atomic E-state index is -0.868. The Labute approximate surface area is 118 Å². The molecule has 20 heavy (non-hydrogen) atoms. The molecule has 0 saturated carbocycles. The van der Waals surface area contributed by atoms with Crippen molar-refractivity contribution in [1.29, 1.82) is 0 Å². The van der Waals surface area contributed by atoms with Gasteiger partial charge < -0.3 is 14.7 Å². The van der Waals surface area contributed by atoms with E-state index < -0.39 is 18.0 Å². The number of carbonyl (C=O) groups is 1. The van der Waals surface area contributed by atoms with Gasteiger partial charge in [0.1, 0.15) is 11.6 Å². The average molecular weight is 281 g/mol. The molecule has 0 spiro atoms. The van der Waals surface area contributed by atoms with Gasteiger partial charge in [-0.05, 0) is 38.8 Å². The zero-order chi connectivity index (χ0) is 14.7. The summed E-state index contributed by atoms with van der Waals surface area (Å²) in [5.74, 6) is -0.298. The van der Waals surface area contributed by atoms with E-state index in [2.05, 4.69) is 0 Å². The summed E-state index contributed by atoms with van der Waals surface area (Å²) in [6.07, 6.45) is 0.546. The third-order valence-corrected chi connectivity index (χ3v) is 3.50. The number of benzene rings is 1. The van der Waals surface area contributed by atoms with Crippen molar-refractivity contribution in [3.05, 3.63) is 29.6 Å². The van der Waals surface area contributed by atoms with E-state index in [0.717, 1.165) is 25.9 Å². The Kier molecular flexibility index (Phi) is 4.60. The van der Waals surface area contributed by atoms with E-state index in [0.29, 0.717) is 5.75 Å². The van der Waals surface area contributed by atoms with Crippen LogP contribution in [0.3, 0.4) is 0 Å². The van der Waals surface area contributed by atoms with Crippen LogP contribution in [-0.2, 0) is 4.79 Å². The molecule has 2 rings (SSSR count). The summed E-state index contributed by atoms with van der Waals surface area (Å²) in [5, 5.41) is 9.37. The van der Waals surface area contributed by atoms with Crippen molar-refractivity contribution >= 4 is 5.91 Å². The molecule has 1 aliphatic heterocycles. The Bertz CT molecular complexity index is 484. The lowest BCUT2D eigenvalue weighted by Crippen LogP contribution is -2.38. The zero-order valence-corrected chi connectivity index (χ0v) is 11.8. The van der Waals surface area contributed by atoms with Gasteiger partial charge in [-0.2, -0.15) is 0 Å². The number of hydrogen-bond donors (Lipinski definition) is 1. The van der Waals surface area contributed by atoms with Gasteiger partial charge in [-0.1, -0.05) is 0 Å². The van der Waals surface area contributed by atoms with Crippen molar-refractivity contribution < 1.29 is 19.0 Å². The standard InChI is InChI=1S/C15H20FNO3/c1-10(18)13-6-5-12(9-14(13)16)20-11(2)15(19)17-7-3-4-8-17/h5-6,9-11,18H,3-4,7-8H2,1-2H3/t10-,11?/m1/s1. The van der Waals surface area contributed by atoms with Crippen LogP contribution in [0.2, 0.25) is 0 Å². The molecule has 4 nitrogen and oxygen atoms in total. The minimum Gasteiger partial charge on any atom is -0.481 e. The number of amides is 1. The van der Waals surface area contributed by atoms with Gasteiger partial charge in [-0.25, -0.2) is 4.39 Å². The molecule has 0 bridgehead atoms. The second-order valence-corrected chi connectivity index (χ2v) is 5.15. The molecular formula is C15H20FNO3. The Morgan fingerprint density at radius 2 is 2.00 bits per heavy atom. The highest BCUT2D eigenvalue weighted by Gasteiger charge is 2.24. The van der Waals surface area contributed by atoms with E-state index in [-0.39, 0.29) is 11.5 Å². The number of rotatable bonds is 4. The summed E-state index contributed by atoms with van der Waals surface area (Å²) in [7, 11) is 0. The Morgan fingerprint density at radius 3 is 2.55 bits per heavy atom. The lowest BCUT2D eigenvalue weighted by Gasteiger charge is -2.21. The highest BCUT2D eigenvalue weighted by Crippen LogP contribution is 2.23. The first-order chi connectivity index (χ1) is 9.49. The highest BCUT2D eigenvalue weighted by atomic mass is 19.1. The van der Waals surface area contributed by atoms with Gasteiger partial charge in [0.25, 0.3) is 5.91 Å². The minimum absolute atomic E-state index is 0.0671. The van der Waals surface area contributed by atoms with Crippen LogP contribution in [-0.4, -0.2) is 35.1 Å². The maximum absolute atomic E-state index is 13.7. The molecule has 1 saturated heterocycles. The molecule has 0 aromatic heterocycles. The number of halogens is 1. The summed E-state index contributed by atoms with van der Waals surface area (Å²) in [6.45, 7) is 4.70. The molecule has 0 radical (unpaired) electrons. The summed E-state index contributed by atoms with van der Waals surface area (Å²) in [4.78, 5) is 13.8. The van der Waals surface area contributed by atoms with Crippen LogP contribution < -0.4 is 4.74 Å². The molecule has 1 aromatic rings. The molecular weight excluding hydrogens is 261 g/mol. The number of hydrogen-bond acceptors (Lipinski definition) is 3. The largest absolute Gasteiger partial charge is 0.481 e. The van der Waals surface area contributed by atoms with Gasteiger partial charge in [-0.15, -0.1) is 0 Å². The molecule has 1 aromatic carbocycles. The summed E-state index contributed by atoms with van der Waals surface area (Å²) >= 11 is 0. The topological polar surface area (TPSA) is 49.8 Å². The predicted molar refractivity (Wildman–Crippen MR) is 72.9 cm³/mol. The second kappa shape index (κ2) is 6.22. The molecule has 2 atom stereocenters. The van der Waals surface area contributed by atoms with E-state index in [1.165, 1.54) is 19.1 Å². The number of likely N-dealkylation sites (tertiary alicyclic amines) is 1. The van der Waals surface area contributed by atoms with Gasteiger partial charge in [0.2, 0.25) is 0 Å². The van der Waals surface area contributed by atoms with Crippen LogP contribution in [0, 0.1) is 5.82 Å². The third kappa shape index (κ3) is 3.28. The summed E-state index contributed by atoms with van der Waals surface area (Å²) < 4.78 is 19.2. The molecule has 1 heterocycles. The zero-order valence-electron chi connectivity index (χ0n) is 11.8. The molecule has 1 amide bonds. The summed E-state index contributed by atoms with van der Waals surface area (Å²) in [6, 6.07) is 4.25. The lowest BCUT2D eigenvalue weighted by molar-refractivity contribution is -0.136. The van der Waals surface area contributed by atoms with Crippen LogP contribution in [0.15, 0.2) is 18.2 Å². The van der Waals surface area contributed by atoms with Crippen molar-refractivity contribution in [3.8, 4) is 5.75 Å². The fraction of sp³-hybridized carbons (Fsp3) is 0.533. The SMILES string of the molecule is CC(Oc1ccc([C@@H](C)O)c(F)c1)C(=O)N1CCCC1. The molecule has 110 valence electrons. The van der Waals surface area contributed by atoms with Crippen LogP contribution in [0.5, 0.6) is 5.75 Å².